The molecule has 0 bridgehead atoms. The van der Waals surface area contributed by atoms with Gasteiger partial charge in [0.25, 0.3) is 11.5 Å². The van der Waals surface area contributed by atoms with Crippen LogP contribution in [0.3, 0.4) is 0 Å². The van der Waals surface area contributed by atoms with Crippen LogP contribution in [0.2, 0.25) is 0 Å². The molecular formula is C31H32N6O2. The lowest BCUT2D eigenvalue weighted by atomic mass is 10.0. The monoisotopic (exact) mass is 520 g/mol. The van der Waals surface area contributed by atoms with Crippen molar-refractivity contribution < 1.29 is 4.79 Å². The van der Waals surface area contributed by atoms with Crippen molar-refractivity contribution in [2.24, 2.45) is 0 Å². The van der Waals surface area contributed by atoms with E-state index in [1.165, 1.54) is 31.0 Å². The zero-order valence-electron chi connectivity index (χ0n) is 22.0. The summed E-state index contributed by atoms with van der Waals surface area (Å²) in [5.41, 5.74) is 5.24. The van der Waals surface area contributed by atoms with Crippen molar-refractivity contribution in [2.45, 2.75) is 45.3 Å². The van der Waals surface area contributed by atoms with E-state index in [2.05, 4.69) is 50.4 Å². The molecule has 4 heterocycles. The van der Waals surface area contributed by atoms with Crippen molar-refractivity contribution in [3.63, 3.8) is 0 Å². The summed E-state index contributed by atoms with van der Waals surface area (Å²) in [6.07, 6.45) is 8.59. The summed E-state index contributed by atoms with van der Waals surface area (Å²) in [4.78, 5) is 34.3. The first-order chi connectivity index (χ1) is 19.0. The van der Waals surface area contributed by atoms with E-state index in [0.29, 0.717) is 35.1 Å². The standard InChI is InChI=1S/C31H32N6O2/c1-21-7-5-6-12-36(21)18-23-10-11-28-24(13-23)14-29(35-28)27-15-26(17-32-31(27)39)34-30(38)25-16-33-37(20-25)19-22-8-3-2-4-9-22/h2-4,8-11,13-17,20-21,35H,5-7,12,18-19H2,1H3,(H,32,39)(H,34,38)/t21-/m0/s1. The quantitative estimate of drug-likeness (QED) is 0.268. The summed E-state index contributed by atoms with van der Waals surface area (Å²) in [7, 11) is 0. The molecule has 0 aliphatic carbocycles. The summed E-state index contributed by atoms with van der Waals surface area (Å²) >= 11 is 0. The lowest BCUT2D eigenvalue weighted by Crippen LogP contribution is -2.36. The lowest BCUT2D eigenvalue weighted by Gasteiger charge is -2.33. The second-order valence-electron chi connectivity index (χ2n) is 10.4. The van der Waals surface area contributed by atoms with Crippen LogP contribution in [-0.2, 0) is 13.1 Å². The topological polar surface area (TPSA) is 98.8 Å². The summed E-state index contributed by atoms with van der Waals surface area (Å²) in [6, 6.07) is 20.7. The number of rotatable bonds is 7. The third-order valence-electron chi connectivity index (χ3n) is 7.55. The minimum atomic E-state index is -0.291. The van der Waals surface area contributed by atoms with Gasteiger partial charge in [-0.1, -0.05) is 42.8 Å². The number of nitrogens with one attached hydrogen (secondary N) is 3. The summed E-state index contributed by atoms with van der Waals surface area (Å²) < 4.78 is 1.73. The fraction of sp³-hybridized carbons (Fsp3) is 0.258. The van der Waals surface area contributed by atoms with Crippen LogP contribution in [0.4, 0.5) is 5.69 Å². The average molecular weight is 521 g/mol. The Balaban J connectivity index is 1.18. The van der Waals surface area contributed by atoms with Gasteiger partial charge in [0, 0.05) is 35.9 Å². The van der Waals surface area contributed by atoms with Crippen molar-refractivity contribution in [1.82, 2.24) is 24.6 Å². The zero-order chi connectivity index (χ0) is 26.8. The van der Waals surface area contributed by atoms with Crippen molar-refractivity contribution in [1.29, 1.82) is 0 Å². The summed E-state index contributed by atoms with van der Waals surface area (Å²) in [5, 5.41) is 8.26. The number of amides is 1. The molecule has 3 N–H and O–H groups in total. The molecule has 0 unspecified atom stereocenters. The Morgan fingerprint density at radius 2 is 1.92 bits per heavy atom. The van der Waals surface area contributed by atoms with Gasteiger partial charge in [0.1, 0.15) is 0 Å². The molecule has 1 saturated heterocycles. The molecule has 8 nitrogen and oxygen atoms in total. The number of benzene rings is 2. The van der Waals surface area contributed by atoms with Crippen molar-refractivity contribution in [2.75, 3.05) is 11.9 Å². The third-order valence-corrected chi connectivity index (χ3v) is 7.55. The average Bonchev–Trinajstić information content (AvgIpc) is 3.59. The Morgan fingerprint density at radius 1 is 1.05 bits per heavy atom. The number of fused-ring (bicyclic) bond motifs is 1. The maximum absolute atomic E-state index is 12.9. The number of pyridine rings is 1. The molecule has 39 heavy (non-hydrogen) atoms. The molecule has 6 rings (SSSR count). The molecule has 0 saturated carbocycles. The van der Waals surface area contributed by atoms with Crippen LogP contribution in [0.15, 0.2) is 84.0 Å². The summed E-state index contributed by atoms with van der Waals surface area (Å²) in [5.74, 6) is -0.291. The van der Waals surface area contributed by atoms with Crippen LogP contribution >= 0.6 is 0 Å². The molecule has 8 heteroatoms. The first-order valence-electron chi connectivity index (χ1n) is 13.5. The lowest BCUT2D eigenvalue weighted by molar-refractivity contribution is 0.102. The minimum absolute atomic E-state index is 0.224. The van der Waals surface area contributed by atoms with Gasteiger partial charge in [-0.3, -0.25) is 19.2 Å². The Labute approximate surface area is 226 Å². The van der Waals surface area contributed by atoms with Gasteiger partial charge in [0.15, 0.2) is 0 Å². The van der Waals surface area contributed by atoms with E-state index >= 15 is 0 Å². The molecule has 3 aromatic heterocycles. The number of aromatic nitrogens is 4. The highest BCUT2D eigenvalue weighted by molar-refractivity contribution is 6.04. The van der Waals surface area contributed by atoms with Gasteiger partial charge in [0.2, 0.25) is 0 Å². The van der Waals surface area contributed by atoms with Crippen molar-refractivity contribution in [3.05, 3.63) is 106 Å². The normalized spacial score (nSPS) is 16.0. The van der Waals surface area contributed by atoms with Crippen LogP contribution in [0.1, 0.15) is 47.7 Å². The number of H-pyrrole nitrogens is 2. The van der Waals surface area contributed by atoms with Gasteiger partial charge >= 0.3 is 0 Å². The smallest absolute Gasteiger partial charge is 0.258 e. The zero-order valence-corrected chi connectivity index (χ0v) is 22.0. The highest BCUT2D eigenvalue weighted by atomic mass is 16.1. The fourth-order valence-corrected chi connectivity index (χ4v) is 5.35. The number of carbonyl (C=O) groups excluding carboxylic acids is 1. The molecule has 1 aliphatic rings. The van der Waals surface area contributed by atoms with E-state index in [-0.39, 0.29) is 11.5 Å². The number of hydrogen-bond acceptors (Lipinski definition) is 4. The predicted octanol–water partition coefficient (Wildman–Crippen LogP) is 5.39. The minimum Gasteiger partial charge on any atom is -0.354 e. The molecule has 0 radical (unpaired) electrons. The van der Waals surface area contributed by atoms with Gasteiger partial charge in [-0.25, -0.2) is 0 Å². The van der Waals surface area contributed by atoms with E-state index < -0.39 is 0 Å². The van der Waals surface area contributed by atoms with Crippen LogP contribution in [0, 0.1) is 0 Å². The van der Waals surface area contributed by atoms with Gasteiger partial charge in [-0.15, -0.1) is 0 Å². The Bertz CT molecular complexity index is 1670. The molecule has 1 amide bonds. The number of aromatic amines is 2. The molecule has 1 atom stereocenters. The third kappa shape index (κ3) is 5.56. The van der Waals surface area contributed by atoms with Crippen molar-refractivity contribution in [3.8, 4) is 11.3 Å². The van der Waals surface area contributed by atoms with E-state index in [9.17, 15) is 9.59 Å². The number of anilines is 1. The maximum Gasteiger partial charge on any atom is 0.258 e. The Morgan fingerprint density at radius 3 is 2.77 bits per heavy atom. The Kier molecular flexibility index (Phi) is 6.85. The molecule has 0 spiro atoms. The second-order valence-corrected chi connectivity index (χ2v) is 10.4. The highest BCUT2D eigenvalue weighted by Gasteiger charge is 2.18. The number of carbonyl (C=O) groups is 1. The molecule has 2 aromatic carbocycles. The van der Waals surface area contributed by atoms with Gasteiger partial charge < -0.3 is 15.3 Å². The fourth-order valence-electron chi connectivity index (χ4n) is 5.35. The second kappa shape index (κ2) is 10.7. The number of likely N-dealkylation sites (tertiary alicyclic amines) is 1. The molecular weight excluding hydrogens is 488 g/mol. The predicted molar refractivity (Wildman–Crippen MR) is 154 cm³/mol. The van der Waals surface area contributed by atoms with Crippen molar-refractivity contribution >= 4 is 22.5 Å². The number of piperidine rings is 1. The van der Waals surface area contributed by atoms with E-state index in [1.54, 1.807) is 23.1 Å². The van der Waals surface area contributed by atoms with Crippen LogP contribution < -0.4 is 10.9 Å². The van der Waals surface area contributed by atoms with E-state index in [1.807, 2.05) is 36.4 Å². The van der Waals surface area contributed by atoms with E-state index in [4.69, 9.17) is 0 Å². The highest BCUT2D eigenvalue weighted by Crippen LogP contribution is 2.26. The number of hydrogen-bond donors (Lipinski definition) is 3. The molecule has 198 valence electrons. The Hall–Kier alpha value is -4.43. The van der Waals surface area contributed by atoms with Gasteiger partial charge in [0.05, 0.1) is 35.2 Å². The van der Waals surface area contributed by atoms with Crippen LogP contribution in [-0.4, -0.2) is 43.1 Å². The maximum atomic E-state index is 12.9. The van der Waals surface area contributed by atoms with Crippen LogP contribution in [0.5, 0.6) is 0 Å². The first kappa shape index (κ1) is 24.9. The van der Waals surface area contributed by atoms with Crippen LogP contribution in [0.25, 0.3) is 22.2 Å². The molecule has 1 fully saturated rings. The molecule has 1 aliphatic heterocycles. The summed E-state index contributed by atoms with van der Waals surface area (Å²) in [6.45, 7) is 4.96. The number of nitrogens with zero attached hydrogens (tertiary/aromatic N) is 3. The van der Waals surface area contributed by atoms with Gasteiger partial charge in [-0.2, -0.15) is 5.10 Å². The SMILES string of the molecule is C[C@H]1CCCCN1Cc1ccc2[nH]c(-c3cc(NC(=O)c4cnn(Cc5ccccc5)c4)c[nH]c3=O)cc2c1. The first-order valence-corrected chi connectivity index (χ1v) is 13.5. The molecule has 5 aromatic rings. The largest absolute Gasteiger partial charge is 0.354 e. The van der Waals surface area contributed by atoms with E-state index in [0.717, 1.165) is 29.6 Å². The van der Waals surface area contributed by atoms with Gasteiger partial charge in [-0.05, 0) is 61.7 Å².